The number of rotatable bonds is 5. The highest BCUT2D eigenvalue weighted by atomic mass is 19.1. The molecule has 0 amide bonds. The van der Waals surface area contributed by atoms with Gasteiger partial charge in [-0.15, -0.1) is 0 Å². The van der Waals surface area contributed by atoms with Crippen molar-refractivity contribution >= 4 is 0 Å². The summed E-state index contributed by atoms with van der Waals surface area (Å²) in [5, 5.41) is 8.85. The second kappa shape index (κ2) is 8.15. The van der Waals surface area contributed by atoms with Gasteiger partial charge in [0.2, 0.25) is 0 Å². The average Bonchev–Trinajstić information content (AvgIpc) is 2.64. The quantitative estimate of drug-likeness (QED) is 0.837. The Morgan fingerprint density at radius 1 is 1.40 bits per heavy atom. The van der Waals surface area contributed by atoms with Crippen molar-refractivity contribution in [3.05, 3.63) is 58.9 Å². The second-order valence-corrected chi connectivity index (χ2v) is 6.32. The maximum atomic E-state index is 14.1. The van der Waals surface area contributed by atoms with E-state index in [1.807, 2.05) is 12.1 Å². The van der Waals surface area contributed by atoms with Crippen LogP contribution in [0.15, 0.2) is 30.5 Å². The van der Waals surface area contributed by atoms with Gasteiger partial charge in [0.15, 0.2) is 5.82 Å². The molecule has 0 radical (unpaired) electrons. The van der Waals surface area contributed by atoms with E-state index in [1.54, 1.807) is 25.4 Å². The van der Waals surface area contributed by atoms with Crippen LogP contribution in [0.1, 0.15) is 41.4 Å². The first-order valence-electron chi connectivity index (χ1n) is 8.41. The number of piperidine rings is 1. The molecule has 25 heavy (non-hydrogen) atoms. The molecule has 2 heterocycles. The molecule has 5 nitrogen and oxygen atoms in total. The monoisotopic (exact) mass is 340 g/mol. The molecule has 1 aliphatic heterocycles. The number of nitriles is 1. The van der Waals surface area contributed by atoms with Gasteiger partial charge in [0.05, 0.1) is 11.6 Å². The zero-order chi connectivity index (χ0) is 17.6. The van der Waals surface area contributed by atoms with Crippen molar-refractivity contribution in [1.82, 2.24) is 14.9 Å². The predicted molar refractivity (Wildman–Crippen MR) is 91.1 cm³/mol. The van der Waals surface area contributed by atoms with Crippen LogP contribution in [0.2, 0.25) is 0 Å². The number of likely N-dealkylation sites (tertiary alicyclic amines) is 1. The Bertz CT molecular complexity index is 774. The van der Waals surface area contributed by atoms with Crippen molar-refractivity contribution in [2.75, 3.05) is 20.2 Å². The summed E-state index contributed by atoms with van der Waals surface area (Å²) in [6.45, 7) is 2.72. The third-order valence-electron chi connectivity index (χ3n) is 4.50. The van der Waals surface area contributed by atoms with Gasteiger partial charge in [-0.25, -0.2) is 14.4 Å². The fourth-order valence-electron chi connectivity index (χ4n) is 3.27. The lowest BCUT2D eigenvalue weighted by Crippen LogP contribution is -2.34. The number of ether oxygens (including phenoxy) is 1. The lowest BCUT2D eigenvalue weighted by Gasteiger charge is -2.32. The fourth-order valence-corrected chi connectivity index (χ4v) is 3.27. The molecule has 0 bridgehead atoms. The average molecular weight is 340 g/mol. The molecule has 0 spiro atoms. The molecule has 1 atom stereocenters. The van der Waals surface area contributed by atoms with E-state index in [0.717, 1.165) is 31.6 Å². The molecule has 0 saturated carbocycles. The van der Waals surface area contributed by atoms with Gasteiger partial charge in [-0.1, -0.05) is 6.07 Å². The predicted octanol–water partition coefficient (Wildman–Crippen LogP) is 3.01. The minimum atomic E-state index is -0.314. The number of hydrogen-bond donors (Lipinski definition) is 0. The first kappa shape index (κ1) is 17.5. The summed E-state index contributed by atoms with van der Waals surface area (Å²) in [6, 6.07) is 8.60. The van der Waals surface area contributed by atoms with E-state index in [4.69, 9.17) is 10.00 Å². The van der Waals surface area contributed by atoms with Crippen LogP contribution >= 0.6 is 0 Å². The molecule has 3 rings (SSSR count). The number of hydrogen-bond acceptors (Lipinski definition) is 5. The first-order valence-corrected chi connectivity index (χ1v) is 8.41. The van der Waals surface area contributed by atoms with Crippen molar-refractivity contribution in [2.24, 2.45) is 0 Å². The van der Waals surface area contributed by atoms with Crippen LogP contribution in [0, 0.1) is 17.1 Å². The maximum Gasteiger partial charge on any atom is 0.154 e. The molecule has 1 fully saturated rings. The summed E-state index contributed by atoms with van der Waals surface area (Å²) < 4.78 is 19.2. The number of aromatic nitrogens is 2. The highest BCUT2D eigenvalue weighted by molar-refractivity contribution is 5.32. The molecular weight excluding hydrogens is 319 g/mol. The van der Waals surface area contributed by atoms with E-state index >= 15 is 0 Å². The number of benzene rings is 1. The van der Waals surface area contributed by atoms with Crippen molar-refractivity contribution in [1.29, 1.82) is 5.26 Å². The van der Waals surface area contributed by atoms with Gasteiger partial charge < -0.3 is 4.74 Å². The third-order valence-corrected chi connectivity index (χ3v) is 4.50. The molecule has 6 heteroatoms. The molecule has 130 valence electrons. The second-order valence-electron chi connectivity index (χ2n) is 6.32. The highest BCUT2D eigenvalue weighted by Gasteiger charge is 2.23. The zero-order valence-corrected chi connectivity index (χ0v) is 14.3. The topological polar surface area (TPSA) is 62.0 Å². The minimum Gasteiger partial charge on any atom is -0.377 e. The summed E-state index contributed by atoms with van der Waals surface area (Å²) in [6.07, 6.45) is 3.89. The Kier molecular flexibility index (Phi) is 5.69. The van der Waals surface area contributed by atoms with Crippen LogP contribution in [-0.4, -0.2) is 35.1 Å². The zero-order valence-electron chi connectivity index (χ0n) is 14.3. The molecular formula is C19H21FN4O. The van der Waals surface area contributed by atoms with Gasteiger partial charge in [-0.3, -0.25) is 4.90 Å². The van der Waals surface area contributed by atoms with Gasteiger partial charge in [0, 0.05) is 43.6 Å². The van der Waals surface area contributed by atoms with Gasteiger partial charge in [0.1, 0.15) is 12.4 Å². The molecule has 0 N–H and O–H groups in total. The van der Waals surface area contributed by atoms with E-state index in [2.05, 4.69) is 14.9 Å². The van der Waals surface area contributed by atoms with Crippen LogP contribution in [0.4, 0.5) is 4.39 Å². The fraction of sp³-hybridized carbons (Fsp3) is 0.421. The van der Waals surface area contributed by atoms with Crippen molar-refractivity contribution in [2.45, 2.75) is 31.9 Å². The maximum absolute atomic E-state index is 14.1. The Morgan fingerprint density at radius 3 is 3.04 bits per heavy atom. The smallest absolute Gasteiger partial charge is 0.154 e. The Hall–Kier alpha value is -2.36. The Balaban J connectivity index is 1.69. The van der Waals surface area contributed by atoms with Crippen molar-refractivity contribution in [3.63, 3.8) is 0 Å². The number of methoxy groups -OCH3 is 1. The van der Waals surface area contributed by atoms with E-state index in [0.29, 0.717) is 36.0 Å². The largest absolute Gasteiger partial charge is 0.377 e. The molecule has 1 aromatic carbocycles. The summed E-state index contributed by atoms with van der Waals surface area (Å²) >= 11 is 0. The van der Waals surface area contributed by atoms with Crippen LogP contribution in [-0.2, 0) is 17.9 Å². The van der Waals surface area contributed by atoms with Crippen molar-refractivity contribution in [3.8, 4) is 6.07 Å². The third kappa shape index (κ3) is 4.38. The Labute approximate surface area is 147 Å². The molecule has 1 saturated heterocycles. The molecule has 0 aliphatic carbocycles. The summed E-state index contributed by atoms with van der Waals surface area (Å²) in [4.78, 5) is 11.1. The van der Waals surface area contributed by atoms with E-state index < -0.39 is 0 Å². The van der Waals surface area contributed by atoms with E-state index in [9.17, 15) is 4.39 Å². The van der Waals surface area contributed by atoms with Gasteiger partial charge in [-0.2, -0.15) is 5.26 Å². The first-order chi connectivity index (χ1) is 12.2. The molecule has 0 unspecified atom stereocenters. The lowest BCUT2D eigenvalue weighted by molar-refractivity contribution is 0.175. The summed E-state index contributed by atoms with van der Waals surface area (Å²) in [7, 11) is 1.63. The summed E-state index contributed by atoms with van der Waals surface area (Å²) in [5.41, 5.74) is 2.00. The minimum absolute atomic E-state index is 0.314. The van der Waals surface area contributed by atoms with Crippen LogP contribution in [0.3, 0.4) is 0 Å². The normalized spacial score (nSPS) is 18.0. The van der Waals surface area contributed by atoms with Crippen LogP contribution in [0.5, 0.6) is 0 Å². The highest BCUT2D eigenvalue weighted by Crippen LogP contribution is 2.27. The molecule has 2 aromatic rings. The number of nitrogens with zero attached hydrogens (tertiary/aromatic N) is 4. The number of halogens is 1. The lowest BCUT2D eigenvalue weighted by atomic mass is 9.94. The standard InChI is InChI=1S/C19H21FN4O/c1-25-13-19-22-7-6-18(23-19)16-3-2-8-24(12-16)11-15-5-4-14(10-21)9-17(15)20/h4-7,9,16H,2-3,8,11-13H2,1H3/t16-/m0/s1. The van der Waals surface area contributed by atoms with Gasteiger partial charge >= 0.3 is 0 Å². The summed E-state index contributed by atoms with van der Waals surface area (Å²) in [5.74, 6) is 0.689. The van der Waals surface area contributed by atoms with Gasteiger partial charge in [0.25, 0.3) is 0 Å². The van der Waals surface area contributed by atoms with Crippen LogP contribution in [0.25, 0.3) is 0 Å². The van der Waals surface area contributed by atoms with E-state index in [-0.39, 0.29) is 5.82 Å². The van der Waals surface area contributed by atoms with E-state index in [1.165, 1.54) is 6.07 Å². The SMILES string of the molecule is COCc1nccc([C@H]2CCCN(Cc3ccc(C#N)cc3F)C2)n1. The van der Waals surface area contributed by atoms with Crippen LogP contribution < -0.4 is 0 Å². The molecule has 1 aromatic heterocycles. The van der Waals surface area contributed by atoms with Crippen molar-refractivity contribution < 1.29 is 9.13 Å². The Morgan fingerprint density at radius 2 is 2.28 bits per heavy atom. The van der Waals surface area contributed by atoms with Gasteiger partial charge in [-0.05, 0) is 37.6 Å². The molecule has 1 aliphatic rings.